The number of carbonyl (C=O) groups is 1. The van der Waals surface area contributed by atoms with Crippen LogP contribution >= 0.6 is 0 Å². The summed E-state index contributed by atoms with van der Waals surface area (Å²) in [5, 5.41) is 2.93. The van der Waals surface area contributed by atoms with E-state index < -0.39 is 0 Å². The normalized spacial score (nSPS) is 10.4. The van der Waals surface area contributed by atoms with Crippen molar-refractivity contribution in [1.82, 2.24) is 0 Å². The van der Waals surface area contributed by atoms with Gasteiger partial charge in [0.1, 0.15) is 5.75 Å². The predicted octanol–water partition coefficient (Wildman–Crippen LogP) is 4.85. The number of rotatable bonds is 9. The first-order valence-electron chi connectivity index (χ1n) is 9.61. The molecule has 144 valence electrons. The van der Waals surface area contributed by atoms with E-state index in [4.69, 9.17) is 10.5 Å². The molecule has 1 amide bonds. The smallest absolute Gasteiger partial charge is 0.224 e. The van der Waals surface area contributed by atoms with Crippen molar-refractivity contribution in [3.63, 3.8) is 0 Å². The van der Waals surface area contributed by atoms with Gasteiger partial charge in [0.25, 0.3) is 0 Å². The SMILES string of the molecule is Nc1ccccc1CCC(=O)Nc1cccc(OCCCc2ccccc2)c1. The number of anilines is 2. The molecule has 0 radical (unpaired) electrons. The average Bonchev–Trinajstić information content (AvgIpc) is 2.72. The van der Waals surface area contributed by atoms with Crippen LogP contribution in [0.3, 0.4) is 0 Å². The van der Waals surface area contributed by atoms with E-state index in [1.807, 2.05) is 54.6 Å². The number of hydrogen-bond acceptors (Lipinski definition) is 3. The van der Waals surface area contributed by atoms with Gasteiger partial charge in [0.15, 0.2) is 0 Å². The van der Waals surface area contributed by atoms with Crippen LogP contribution in [0.1, 0.15) is 24.0 Å². The highest BCUT2D eigenvalue weighted by Gasteiger charge is 2.06. The Balaban J connectivity index is 1.43. The third-order valence-electron chi connectivity index (χ3n) is 4.52. The molecule has 0 aliphatic rings. The second kappa shape index (κ2) is 10.2. The van der Waals surface area contributed by atoms with Crippen molar-refractivity contribution in [1.29, 1.82) is 0 Å². The van der Waals surface area contributed by atoms with Crippen molar-refractivity contribution in [3.8, 4) is 5.75 Å². The highest BCUT2D eigenvalue weighted by molar-refractivity contribution is 5.91. The summed E-state index contributed by atoms with van der Waals surface area (Å²) < 4.78 is 5.83. The van der Waals surface area contributed by atoms with Crippen LogP contribution in [-0.2, 0) is 17.6 Å². The summed E-state index contributed by atoms with van der Waals surface area (Å²) in [4.78, 5) is 12.2. The summed E-state index contributed by atoms with van der Waals surface area (Å²) in [6, 6.07) is 25.5. The standard InChI is InChI=1S/C24H26N2O2/c25-23-14-5-4-11-20(23)15-16-24(27)26-21-12-6-13-22(18-21)28-17-7-10-19-8-2-1-3-9-19/h1-6,8-9,11-14,18H,7,10,15-17,25H2,(H,26,27). The highest BCUT2D eigenvalue weighted by atomic mass is 16.5. The second-order valence-electron chi connectivity index (χ2n) is 6.71. The molecule has 0 aromatic heterocycles. The average molecular weight is 374 g/mol. The molecule has 4 heteroatoms. The maximum absolute atomic E-state index is 12.2. The first-order valence-corrected chi connectivity index (χ1v) is 9.61. The summed E-state index contributed by atoms with van der Waals surface area (Å²) >= 11 is 0. The van der Waals surface area contributed by atoms with Gasteiger partial charge in [0.05, 0.1) is 6.61 Å². The number of ether oxygens (including phenoxy) is 1. The van der Waals surface area contributed by atoms with E-state index in [1.165, 1.54) is 5.56 Å². The minimum Gasteiger partial charge on any atom is -0.494 e. The second-order valence-corrected chi connectivity index (χ2v) is 6.71. The van der Waals surface area contributed by atoms with Crippen molar-refractivity contribution in [3.05, 3.63) is 90.0 Å². The van der Waals surface area contributed by atoms with E-state index in [0.717, 1.165) is 35.5 Å². The van der Waals surface area contributed by atoms with Crippen molar-refractivity contribution >= 4 is 17.3 Å². The Morgan fingerprint density at radius 3 is 2.50 bits per heavy atom. The van der Waals surface area contributed by atoms with Crippen molar-refractivity contribution < 1.29 is 9.53 Å². The van der Waals surface area contributed by atoms with Crippen LogP contribution < -0.4 is 15.8 Å². The summed E-state index contributed by atoms with van der Waals surface area (Å²) in [5.41, 5.74) is 9.70. The van der Waals surface area contributed by atoms with E-state index in [-0.39, 0.29) is 5.91 Å². The zero-order valence-electron chi connectivity index (χ0n) is 15.9. The molecule has 0 heterocycles. The molecule has 3 aromatic rings. The molecule has 0 fully saturated rings. The topological polar surface area (TPSA) is 64.4 Å². The van der Waals surface area contributed by atoms with Gasteiger partial charge in [-0.15, -0.1) is 0 Å². The maximum Gasteiger partial charge on any atom is 0.224 e. The van der Waals surface area contributed by atoms with Crippen LogP contribution in [0.4, 0.5) is 11.4 Å². The van der Waals surface area contributed by atoms with Crippen LogP contribution in [0.25, 0.3) is 0 Å². The number of aryl methyl sites for hydroxylation is 2. The molecule has 0 atom stereocenters. The van der Waals surface area contributed by atoms with E-state index in [0.29, 0.717) is 19.4 Å². The third kappa shape index (κ3) is 6.16. The maximum atomic E-state index is 12.2. The number of hydrogen-bond donors (Lipinski definition) is 2. The van der Waals surface area contributed by atoms with E-state index in [2.05, 4.69) is 29.6 Å². The Labute approximate surface area is 166 Å². The molecule has 4 nitrogen and oxygen atoms in total. The fourth-order valence-corrected chi connectivity index (χ4v) is 3.01. The van der Waals surface area contributed by atoms with Gasteiger partial charge in [-0.25, -0.2) is 0 Å². The van der Waals surface area contributed by atoms with Crippen molar-refractivity contribution in [2.75, 3.05) is 17.7 Å². The summed E-state index contributed by atoms with van der Waals surface area (Å²) in [7, 11) is 0. The third-order valence-corrected chi connectivity index (χ3v) is 4.52. The lowest BCUT2D eigenvalue weighted by Crippen LogP contribution is -2.12. The van der Waals surface area contributed by atoms with Gasteiger partial charge in [-0.3, -0.25) is 4.79 Å². The number of nitrogen functional groups attached to an aromatic ring is 1. The zero-order valence-corrected chi connectivity index (χ0v) is 15.9. The summed E-state index contributed by atoms with van der Waals surface area (Å²) in [6.07, 6.45) is 2.93. The van der Waals surface area contributed by atoms with Gasteiger partial charge >= 0.3 is 0 Å². The molecule has 0 spiro atoms. The number of nitrogens with one attached hydrogen (secondary N) is 1. The van der Waals surface area contributed by atoms with E-state index >= 15 is 0 Å². The van der Waals surface area contributed by atoms with Crippen LogP contribution in [0, 0.1) is 0 Å². The van der Waals surface area contributed by atoms with Crippen LogP contribution in [0.2, 0.25) is 0 Å². The molecular formula is C24H26N2O2. The molecule has 3 aromatic carbocycles. The number of para-hydroxylation sites is 1. The lowest BCUT2D eigenvalue weighted by molar-refractivity contribution is -0.116. The van der Waals surface area contributed by atoms with Gasteiger partial charge in [-0.2, -0.15) is 0 Å². The van der Waals surface area contributed by atoms with Crippen molar-refractivity contribution in [2.24, 2.45) is 0 Å². The first-order chi connectivity index (χ1) is 13.7. The fourth-order valence-electron chi connectivity index (χ4n) is 3.01. The Hall–Kier alpha value is -3.27. The van der Waals surface area contributed by atoms with Gasteiger partial charge < -0.3 is 15.8 Å². The minimum absolute atomic E-state index is 0.0375. The Kier molecular flexibility index (Phi) is 7.08. The molecule has 3 rings (SSSR count). The van der Waals surface area contributed by atoms with Gasteiger partial charge in [0, 0.05) is 23.9 Å². The minimum atomic E-state index is -0.0375. The van der Waals surface area contributed by atoms with E-state index in [1.54, 1.807) is 0 Å². The molecule has 0 saturated carbocycles. The summed E-state index contributed by atoms with van der Waals surface area (Å²) in [6.45, 7) is 0.638. The zero-order chi connectivity index (χ0) is 19.6. The first kappa shape index (κ1) is 19.5. The van der Waals surface area contributed by atoms with Crippen LogP contribution in [-0.4, -0.2) is 12.5 Å². The molecule has 0 unspecified atom stereocenters. The molecule has 28 heavy (non-hydrogen) atoms. The quantitative estimate of drug-likeness (QED) is 0.416. The van der Waals surface area contributed by atoms with E-state index in [9.17, 15) is 4.79 Å². The lowest BCUT2D eigenvalue weighted by Gasteiger charge is -2.10. The molecular weight excluding hydrogens is 348 g/mol. The Bertz CT molecular complexity index is 894. The van der Waals surface area contributed by atoms with Crippen LogP contribution in [0.15, 0.2) is 78.9 Å². The predicted molar refractivity (Wildman–Crippen MR) is 115 cm³/mol. The lowest BCUT2D eigenvalue weighted by atomic mass is 10.1. The monoisotopic (exact) mass is 374 g/mol. The number of benzene rings is 3. The van der Waals surface area contributed by atoms with Gasteiger partial charge in [-0.05, 0) is 48.6 Å². The molecule has 0 saturated heterocycles. The fraction of sp³-hybridized carbons (Fsp3) is 0.208. The highest BCUT2D eigenvalue weighted by Crippen LogP contribution is 2.19. The molecule has 0 aliphatic carbocycles. The van der Waals surface area contributed by atoms with Crippen LogP contribution in [0.5, 0.6) is 5.75 Å². The van der Waals surface area contributed by atoms with Crippen molar-refractivity contribution in [2.45, 2.75) is 25.7 Å². The molecule has 0 aliphatic heterocycles. The van der Waals surface area contributed by atoms with Gasteiger partial charge in [-0.1, -0.05) is 54.6 Å². The largest absolute Gasteiger partial charge is 0.494 e. The summed E-state index contributed by atoms with van der Waals surface area (Å²) in [5.74, 6) is 0.725. The number of amides is 1. The molecule has 3 N–H and O–H groups in total. The number of nitrogens with two attached hydrogens (primary N) is 1. The Morgan fingerprint density at radius 2 is 1.68 bits per heavy atom. The van der Waals surface area contributed by atoms with Gasteiger partial charge in [0.2, 0.25) is 5.91 Å². The number of carbonyl (C=O) groups excluding carboxylic acids is 1. The Morgan fingerprint density at radius 1 is 0.893 bits per heavy atom. The molecule has 0 bridgehead atoms.